The number of hydrogen-bond donors (Lipinski definition) is 1. The first kappa shape index (κ1) is 14.8. The zero-order valence-electron chi connectivity index (χ0n) is 13.2. The molecule has 0 amide bonds. The van der Waals surface area contributed by atoms with Crippen molar-refractivity contribution in [3.63, 3.8) is 0 Å². The van der Waals surface area contributed by atoms with Crippen molar-refractivity contribution >= 4 is 29.6 Å². The first-order valence-electron chi connectivity index (χ1n) is 7.81. The average Bonchev–Trinajstić information content (AvgIpc) is 2.60. The number of methoxy groups -OCH3 is 1. The summed E-state index contributed by atoms with van der Waals surface area (Å²) in [7, 11) is 1.63. The van der Waals surface area contributed by atoms with E-state index >= 15 is 0 Å². The molecule has 0 bridgehead atoms. The molecule has 1 N–H and O–H groups in total. The topological polar surface area (TPSA) is 69.2 Å². The number of nitrogens with one attached hydrogen (secondary N) is 1. The van der Waals surface area contributed by atoms with E-state index in [1.54, 1.807) is 25.3 Å². The maximum atomic E-state index is 12.5. The molecule has 1 atom stereocenters. The Morgan fingerprint density at radius 1 is 1.12 bits per heavy atom. The smallest absolute Gasteiger partial charge is 0.507 e. The molecular weight excluding hydrogens is 307 g/mol. The fourth-order valence-electron chi connectivity index (χ4n) is 3.04. The van der Waals surface area contributed by atoms with Crippen LogP contribution in [0.1, 0.15) is 16.8 Å². The third-order valence-electron chi connectivity index (χ3n) is 4.16. The number of anilines is 1. The predicted octanol–water partition coefficient (Wildman–Crippen LogP) is 1.94. The summed E-state index contributed by atoms with van der Waals surface area (Å²) < 4.78 is 17.0. The van der Waals surface area contributed by atoms with E-state index in [1.165, 1.54) is 0 Å². The van der Waals surface area contributed by atoms with Crippen molar-refractivity contribution in [2.75, 3.05) is 19.0 Å². The van der Waals surface area contributed by atoms with Crippen LogP contribution in [0.3, 0.4) is 0 Å². The summed E-state index contributed by atoms with van der Waals surface area (Å²) in [5.74, 6) is 0.728. The number of benzene rings is 2. The van der Waals surface area contributed by atoms with E-state index in [0.717, 1.165) is 11.2 Å². The molecule has 0 saturated heterocycles. The van der Waals surface area contributed by atoms with E-state index in [1.807, 2.05) is 30.3 Å². The van der Waals surface area contributed by atoms with E-state index < -0.39 is 12.7 Å². The van der Waals surface area contributed by atoms with Gasteiger partial charge in [-0.15, -0.1) is 0 Å². The van der Waals surface area contributed by atoms with E-state index in [9.17, 15) is 4.79 Å². The van der Waals surface area contributed by atoms with Crippen molar-refractivity contribution in [1.82, 2.24) is 0 Å². The van der Waals surface area contributed by atoms with Gasteiger partial charge in [-0.1, -0.05) is 35.8 Å². The van der Waals surface area contributed by atoms with Gasteiger partial charge in [-0.2, -0.15) is 0 Å². The van der Waals surface area contributed by atoms with Gasteiger partial charge in [0.05, 0.1) is 23.8 Å². The minimum atomic E-state index is -2.31. The maximum Gasteiger partial charge on any atom is 0.507 e. The lowest BCUT2D eigenvalue weighted by molar-refractivity contribution is 0.0664. The quantitative estimate of drug-likeness (QED) is 0.874. The van der Waals surface area contributed by atoms with E-state index in [4.69, 9.17) is 14.0 Å². The fraction of sp³-hybridized carbons (Fsp3) is 0.176. The molecule has 4 rings (SSSR count). The van der Waals surface area contributed by atoms with Crippen LogP contribution < -0.4 is 15.4 Å². The Morgan fingerprint density at radius 3 is 2.79 bits per heavy atom. The van der Waals surface area contributed by atoms with Crippen LogP contribution in [0.25, 0.3) is 0 Å². The standard InChI is InChI=1S/C17H16BN2O4/c1-22-11-10-16-19-14-8-4-3-7-13(14)18(20-16)23-15-9-5-2-6-12(15)17(21)24-18/h2-9H,10-11H2,1H3,(H,19,20)/q-1/t18-/m0/s1. The van der Waals surface area contributed by atoms with Crippen LogP contribution in [-0.4, -0.2) is 32.2 Å². The van der Waals surface area contributed by atoms with Gasteiger partial charge in [0.15, 0.2) is 0 Å². The lowest BCUT2D eigenvalue weighted by Crippen LogP contribution is -2.62. The second kappa shape index (κ2) is 5.69. The average molecular weight is 323 g/mol. The van der Waals surface area contributed by atoms with Crippen LogP contribution in [0.2, 0.25) is 0 Å². The highest BCUT2D eigenvalue weighted by Gasteiger charge is 2.44. The van der Waals surface area contributed by atoms with Gasteiger partial charge in [0.1, 0.15) is 0 Å². The van der Waals surface area contributed by atoms with Gasteiger partial charge in [-0.3, -0.25) is 4.79 Å². The first-order chi connectivity index (χ1) is 11.7. The van der Waals surface area contributed by atoms with Crippen molar-refractivity contribution in [2.24, 2.45) is 4.90 Å². The van der Waals surface area contributed by atoms with Gasteiger partial charge < -0.3 is 24.3 Å². The summed E-state index contributed by atoms with van der Waals surface area (Å²) in [6, 6.07) is 14.6. The monoisotopic (exact) mass is 323 g/mol. The van der Waals surface area contributed by atoms with E-state index in [0.29, 0.717) is 30.2 Å². The fourth-order valence-corrected chi connectivity index (χ4v) is 3.04. The largest absolute Gasteiger partial charge is 0.660 e. The second-order valence-electron chi connectivity index (χ2n) is 5.72. The maximum absolute atomic E-state index is 12.5. The van der Waals surface area contributed by atoms with Crippen molar-refractivity contribution in [3.8, 4) is 5.75 Å². The van der Waals surface area contributed by atoms with Crippen LogP contribution >= 0.6 is 0 Å². The number of amidine groups is 1. The van der Waals surface area contributed by atoms with Crippen LogP contribution in [-0.2, 0) is 9.39 Å². The normalized spacial score (nSPS) is 21.0. The summed E-state index contributed by atoms with van der Waals surface area (Å²) in [5.41, 5.74) is 1.96. The number of fused-ring (bicyclic) bond motifs is 3. The second-order valence-corrected chi connectivity index (χ2v) is 5.72. The molecule has 0 radical (unpaired) electrons. The van der Waals surface area contributed by atoms with E-state index in [2.05, 4.69) is 10.2 Å². The van der Waals surface area contributed by atoms with Gasteiger partial charge in [-0.05, 0) is 18.2 Å². The van der Waals surface area contributed by atoms with Gasteiger partial charge in [0.2, 0.25) is 0 Å². The number of nitrogens with zero attached hydrogens (tertiary/aromatic N) is 1. The van der Waals surface area contributed by atoms with Crippen molar-refractivity contribution in [2.45, 2.75) is 6.42 Å². The summed E-state index contributed by atoms with van der Waals surface area (Å²) in [6.07, 6.45) is 0.566. The van der Waals surface area contributed by atoms with Crippen LogP contribution in [0.4, 0.5) is 5.69 Å². The highest BCUT2D eigenvalue weighted by atomic mass is 16.7. The molecule has 0 fully saturated rings. The number of hydrogen-bond acceptors (Lipinski definition) is 6. The third kappa shape index (κ3) is 2.34. The lowest BCUT2D eigenvalue weighted by atomic mass is 9.61. The third-order valence-corrected chi connectivity index (χ3v) is 4.16. The van der Waals surface area contributed by atoms with Crippen molar-refractivity contribution in [1.29, 1.82) is 0 Å². The highest BCUT2D eigenvalue weighted by molar-refractivity contribution is 6.85. The number of ether oxygens (including phenoxy) is 1. The SMILES string of the molecule is COCCC1=N[B@@-]2(OC(=O)c3ccccc3O2)c2ccccc2N1. The van der Waals surface area contributed by atoms with Gasteiger partial charge in [0.25, 0.3) is 5.97 Å². The molecule has 24 heavy (non-hydrogen) atoms. The van der Waals surface area contributed by atoms with Crippen LogP contribution in [0.15, 0.2) is 53.4 Å². The van der Waals surface area contributed by atoms with Gasteiger partial charge in [-0.25, -0.2) is 0 Å². The molecule has 2 aromatic carbocycles. The predicted molar refractivity (Wildman–Crippen MR) is 91.9 cm³/mol. The molecule has 122 valence electrons. The Hall–Kier alpha value is -2.80. The molecule has 1 spiro atoms. The summed E-state index contributed by atoms with van der Waals surface area (Å²) in [4.78, 5) is 17.1. The Kier molecular flexibility index (Phi) is 3.50. The Bertz CT molecular complexity index is 839. The zero-order valence-corrected chi connectivity index (χ0v) is 13.2. The molecule has 6 nitrogen and oxygen atoms in total. The Balaban J connectivity index is 1.83. The molecule has 2 aromatic rings. The van der Waals surface area contributed by atoms with E-state index in [-0.39, 0.29) is 0 Å². The zero-order chi connectivity index (χ0) is 16.6. The molecule has 0 saturated carbocycles. The number of rotatable bonds is 3. The van der Waals surface area contributed by atoms with Crippen LogP contribution in [0.5, 0.6) is 5.75 Å². The molecule has 0 unspecified atom stereocenters. The Labute approximate surface area is 139 Å². The Morgan fingerprint density at radius 2 is 1.92 bits per heavy atom. The molecule has 2 aliphatic heterocycles. The molecule has 2 heterocycles. The molecular formula is C17H16BN2O4-. The summed E-state index contributed by atoms with van der Waals surface area (Å²) in [6.45, 7) is -1.81. The molecule has 0 aromatic heterocycles. The lowest BCUT2D eigenvalue weighted by Gasteiger charge is -2.46. The number of para-hydroxylation sites is 2. The number of carbonyl (C=O) groups is 1. The number of carbonyl (C=O) groups excluding carboxylic acids is 1. The first-order valence-corrected chi connectivity index (χ1v) is 7.81. The van der Waals surface area contributed by atoms with Crippen LogP contribution in [0, 0.1) is 0 Å². The van der Waals surface area contributed by atoms with Crippen molar-refractivity contribution < 1.29 is 18.8 Å². The van der Waals surface area contributed by atoms with Gasteiger partial charge in [0, 0.05) is 19.2 Å². The molecule has 7 heteroatoms. The summed E-state index contributed by atoms with van der Waals surface area (Å²) >= 11 is 0. The minimum Gasteiger partial charge on any atom is -0.660 e. The summed E-state index contributed by atoms with van der Waals surface area (Å²) in [5, 5.41) is 3.26. The molecule has 2 aliphatic rings. The van der Waals surface area contributed by atoms with Gasteiger partial charge >= 0.3 is 6.69 Å². The molecule has 0 aliphatic carbocycles. The van der Waals surface area contributed by atoms with Crippen molar-refractivity contribution in [3.05, 3.63) is 54.1 Å². The highest BCUT2D eigenvalue weighted by Crippen LogP contribution is 2.32. The minimum absolute atomic E-state index is 0.412.